The minimum absolute atomic E-state index is 0.113. The van der Waals surface area contributed by atoms with Gasteiger partial charge in [-0.2, -0.15) is 5.10 Å². The van der Waals surface area contributed by atoms with E-state index in [9.17, 15) is 4.79 Å². The smallest absolute Gasteiger partial charge is 0.236 e. The second kappa shape index (κ2) is 6.16. The molecule has 6 nitrogen and oxygen atoms in total. The summed E-state index contributed by atoms with van der Waals surface area (Å²) in [5, 5.41) is 13.2. The summed E-state index contributed by atoms with van der Waals surface area (Å²) in [5.41, 5.74) is 1.04. The summed E-state index contributed by atoms with van der Waals surface area (Å²) in [4.78, 5) is 15.9. The van der Waals surface area contributed by atoms with Gasteiger partial charge in [0.15, 0.2) is 0 Å². The van der Waals surface area contributed by atoms with E-state index in [1.54, 1.807) is 15.8 Å². The summed E-state index contributed by atoms with van der Waals surface area (Å²) in [7, 11) is 3.68. The van der Waals surface area contributed by atoms with E-state index in [1.807, 2.05) is 20.3 Å². The van der Waals surface area contributed by atoms with Crippen LogP contribution in [-0.2, 0) is 18.4 Å². The van der Waals surface area contributed by atoms with Crippen LogP contribution >= 0.6 is 0 Å². The average Bonchev–Trinajstić information content (AvgIpc) is 2.98. The Kier molecular flexibility index (Phi) is 4.55. The van der Waals surface area contributed by atoms with Gasteiger partial charge in [0.2, 0.25) is 5.91 Å². The van der Waals surface area contributed by atoms with Crippen molar-refractivity contribution in [3.63, 3.8) is 0 Å². The van der Waals surface area contributed by atoms with E-state index in [0.29, 0.717) is 19.0 Å². The number of hydrogen-bond donors (Lipinski definition) is 1. The van der Waals surface area contributed by atoms with Crippen LogP contribution in [0.15, 0.2) is 12.4 Å². The fourth-order valence-corrected chi connectivity index (χ4v) is 2.43. The number of aliphatic hydroxyl groups is 1. The molecule has 1 amide bonds. The van der Waals surface area contributed by atoms with E-state index in [4.69, 9.17) is 5.11 Å². The van der Waals surface area contributed by atoms with Crippen LogP contribution in [0.1, 0.15) is 12.0 Å². The lowest BCUT2D eigenvalue weighted by Crippen LogP contribution is -2.37. The van der Waals surface area contributed by atoms with Crippen LogP contribution in [0.4, 0.5) is 0 Å². The first kappa shape index (κ1) is 14.0. The standard InChI is InChI=1S/C13H22N4O2/c1-15(6-12-5-14-16(2)7-12)13(19)9-17-4-3-11(8-17)10-18/h5,7,11,18H,3-4,6,8-10H2,1-2H3. The number of amides is 1. The van der Waals surface area contributed by atoms with Gasteiger partial charge in [-0.1, -0.05) is 0 Å². The van der Waals surface area contributed by atoms with Crippen molar-refractivity contribution < 1.29 is 9.90 Å². The zero-order valence-electron chi connectivity index (χ0n) is 11.6. The maximum atomic E-state index is 12.1. The number of carbonyl (C=O) groups is 1. The Bertz CT molecular complexity index is 432. The highest BCUT2D eigenvalue weighted by Gasteiger charge is 2.24. The zero-order chi connectivity index (χ0) is 13.8. The number of carbonyl (C=O) groups excluding carboxylic acids is 1. The van der Waals surface area contributed by atoms with Gasteiger partial charge in [-0.15, -0.1) is 0 Å². The maximum absolute atomic E-state index is 12.1. The molecule has 1 aliphatic heterocycles. The lowest BCUT2D eigenvalue weighted by molar-refractivity contribution is -0.131. The number of aryl methyl sites for hydroxylation is 1. The summed E-state index contributed by atoms with van der Waals surface area (Å²) < 4.78 is 1.74. The second-order valence-corrected chi connectivity index (χ2v) is 5.34. The quantitative estimate of drug-likeness (QED) is 0.794. The van der Waals surface area contributed by atoms with Gasteiger partial charge in [0.25, 0.3) is 0 Å². The number of hydrogen-bond acceptors (Lipinski definition) is 4. The summed E-state index contributed by atoms with van der Waals surface area (Å²) in [6.45, 7) is 2.97. The monoisotopic (exact) mass is 266 g/mol. The van der Waals surface area contributed by atoms with E-state index in [1.165, 1.54) is 0 Å². The molecule has 0 aliphatic carbocycles. The third kappa shape index (κ3) is 3.78. The molecule has 19 heavy (non-hydrogen) atoms. The van der Waals surface area contributed by atoms with Crippen LogP contribution in [0.3, 0.4) is 0 Å². The largest absolute Gasteiger partial charge is 0.396 e. The molecule has 106 valence electrons. The van der Waals surface area contributed by atoms with Gasteiger partial charge >= 0.3 is 0 Å². The van der Waals surface area contributed by atoms with E-state index in [2.05, 4.69) is 10.00 Å². The molecule has 0 bridgehead atoms. The molecule has 6 heteroatoms. The molecule has 2 heterocycles. The Morgan fingerprint density at radius 2 is 2.42 bits per heavy atom. The van der Waals surface area contributed by atoms with Crippen molar-refractivity contribution in [2.75, 3.05) is 33.3 Å². The SMILES string of the molecule is CN(Cc1cnn(C)c1)C(=O)CN1CCC(CO)C1. The van der Waals surface area contributed by atoms with Crippen LogP contribution in [-0.4, -0.2) is 63.9 Å². The molecule has 1 saturated heterocycles. The van der Waals surface area contributed by atoms with Crippen molar-refractivity contribution in [3.8, 4) is 0 Å². The highest BCUT2D eigenvalue weighted by molar-refractivity contribution is 5.78. The fourth-order valence-electron chi connectivity index (χ4n) is 2.43. The highest BCUT2D eigenvalue weighted by Crippen LogP contribution is 2.15. The lowest BCUT2D eigenvalue weighted by Gasteiger charge is -2.21. The number of aromatic nitrogens is 2. The second-order valence-electron chi connectivity index (χ2n) is 5.34. The van der Waals surface area contributed by atoms with E-state index >= 15 is 0 Å². The third-order valence-corrected chi connectivity index (χ3v) is 3.59. The first-order valence-electron chi connectivity index (χ1n) is 6.63. The maximum Gasteiger partial charge on any atom is 0.236 e. The Morgan fingerprint density at radius 3 is 3.00 bits per heavy atom. The van der Waals surface area contributed by atoms with Gasteiger partial charge in [-0.05, 0) is 18.9 Å². The summed E-state index contributed by atoms with van der Waals surface area (Å²) in [5.74, 6) is 0.443. The van der Waals surface area contributed by atoms with Crippen LogP contribution in [0.25, 0.3) is 0 Å². The molecule has 0 saturated carbocycles. The summed E-state index contributed by atoms with van der Waals surface area (Å²) >= 11 is 0. The predicted molar refractivity (Wildman–Crippen MR) is 71.3 cm³/mol. The predicted octanol–water partition coefficient (Wildman–Crippen LogP) is -0.307. The van der Waals surface area contributed by atoms with Gasteiger partial charge < -0.3 is 10.0 Å². The molecule has 1 atom stereocenters. The summed E-state index contributed by atoms with van der Waals surface area (Å²) in [6.07, 6.45) is 4.68. The normalized spacial score (nSPS) is 19.8. The summed E-state index contributed by atoms with van der Waals surface area (Å²) in [6, 6.07) is 0. The van der Waals surface area contributed by atoms with E-state index < -0.39 is 0 Å². The first-order chi connectivity index (χ1) is 9.08. The Balaban J connectivity index is 1.79. The average molecular weight is 266 g/mol. The van der Waals surface area contributed by atoms with Gasteiger partial charge in [-0.25, -0.2) is 0 Å². The Labute approximate surface area is 113 Å². The Hall–Kier alpha value is -1.40. The first-order valence-corrected chi connectivity index (χ1v) is 6.63. The van der Waals surface area contributed by atoms with Gasteiger partial charge in [0, 0.05) is 45.6 Å². The fraction of sp³-hybridized carbons (Fsp3) is 0.692. The number of rotatable bonds is 5. The molecule has 0 spiro atoms. The Morgan fingerprint density at radius 1 is 1.63 bits per heavy atom. The number of likely N-dealkylation sites (tertiary alicyclic amines) is 1. The van der Waals surface area contributed by atoms with Gasteiger partial charge in [0.1, 0.15) is 0 Å². The topological polar surface area (TPSA) is 61.6 Å². The molecule has 1 aliphatic rings. The van der Waals surface area contributed by atoms with E-state index in [0.717, 1.165) is 25.1 Å². The van der Waals surface area contributed by atoms with Crippen molar-refractivity contribution in [1.82, 2.24) is 19.6 Å². The van der Waals surface area contributed by atoms with Crippen molar-refractivity contribution >= 4 is 5.91 Å². The van der Waals surface area contributed by atoms with Crippen LogP contribution in [0.5, 0.6) is 0 Å². The van der Waals surface area contributed by atoms with Gasteiger partial charge in [0.05, 0.1) is 12.7 Å². The molecular weight excluding hydrogens is 244 g/mol. The molecule has 1 aromatic heterocycles. The molecule has 1 unspecified atom stereocenters. The van der Waals surface area contributed by atoms with Crippen molar-refractivity contribution in [2.45, 2.75) is 13.0 Å². The minimum Gasteiger partial charge on any atom is -0.396 e. The lowest BCUT2D eigenvalue weighted by atomic mass is 10.1. The number of nitrogens with zero attached hydrogens (tertiary/aromatic N) is 4. The van der Waals surface area contributed by atoms with Crippen molar-refractivity contribution in [2.24, 2.45) is 13.0 Å². The molecule has 0 radical (unpaired) electrons. The van der Waals surface area contributed by atoms with Crippen LogP contribution < -0.4 is 0 Å². The third-order valence-electron chi connectivity index (χ3n) is 3.59. The highest BCUT2D eigenvalue weighted by atomic mass is 16.3. The van der Waals surface area contributed by atoms with Crippen LogP contribution in [0.2, 0.25) is 0 Å². The zero-order valence-corrected chi connectivity index (χ0v) is 11.6. The van der Waals surface area contributed by atoms with E-state index in [-0.39, 0.29) is 12.5 Å². The van der Waals surface area contributed by atoms with Crippen LogP contribution in [0, 0.1) is 5.92 Å². The molecule has 2 rings (SSSR count). The molecule has 0 aromatic carbocycles. The van der Waals surface area contributed by atoms with Crippen molar-refractivity contribution in [1.29, 1.82) is 0 Å². The molecule has 1 aromatic rings. The molecule has 1 N–H and O–H groups in total. The molecule has 1 fully saturated rings. The molecular formula is C13H22N4O2. The number of aliphatic hydroxyl groups excluding tert-OH is 1. The van der Waals surface area contributed by atoms with Crippen molar-refractivity contribution in [3.05, 3.63) is 18.0 Å². The van der Waals surface area contributed by atoms with Gasteiger partial charge in [-0.3, -0.25) is 14.4 Å². The number of likely N-dealkylation sites (N-methyl/N-ethyl adjacent to an activating group) is 1. The minimum atomic E-state index is 0.113.